The van der Waals surface area contributed by atoms with Crippen molar-refractivity contribution in [3.8, 4) is 0 Å². The minimum Gasteiger partial charge on any atom is -0.452 e. The molecular weight excluding hydrogens is 322 g/mol. The third-order valence-corrected chi connectivity index (χ3v) is 4.60. The highest BCUT2D eigenvalue weighted by molar-refractivity contribution is 9.13. The number of nitrogens with one attached hydrogen (secondary N) is 1. The van der Waals surface area contributed by atoms with Crippen molar-refractivity contribution in [3.05, 3.63) is 21.0 Å². The lowest BCUT2D eigenvalue weighted by Crippen LogP contribution is -2.21. The molecule has 0 amide bonds. The highest BCUT2D eigenvalue weighted by atomic mass is 79.9. The summed E-state index contributed by atoms with van der Waals surface area (Å²) in [6.07, 6.45) is 2.83. The largest absolute Gasteiger partial charge is 0.452 e. The Labute approximate surface area is 107 Å². The van der Waals surface area contributed by atoms with E-state index < -0.39 is 0 Å². The van der Waals surface area contributed by atoms with E-state index in [9.17, 15) is 0 Å². The summed E-state index contributed by atoms with van der Waals surface area (Å²) in [7, 11) is 0. The molecule has 4 heteroatoms. The maximum atomic E-state index is 5.48. The van der Waals surface area contributed by atoms with E-state index in [1.54, 1.807) is 0 Å². The van der Waals surface area contributed by atoms with Gasteiger partial charge in [-0.2, -0.15) is 0 Å². The minimum atomic E-state index is 0.773. The fourth-order valence-electron chi connectivity index (χ4n) is 1.73. The topological polar surface area (TPSA) is 25.2 Å². The average Bonchev–Trinajstić information content (AvgIpc) is 2.96. The summed E-state index contributed by atoms with van der Waals surface area (Å²) < 4.78 is 7.23. The molecule has 0 saturated heterocycles. The molecule has 1 aromatic heterocycles. The van der Waals surface area contributed by atoms with Gasteiger partial charge >= 0.3 is 0 Å². The molecule has 1 aliphatic rings. The van der Waals surface area contributed by atoms with Crippen LogP contribution in [0.2, 0.25) is 0 Å². The van der Waals surface area contributed by atoms with Crippen LogP contribution in [0.3, 0.4) is 0 Å². The number of furan rings is 1. The molecule has 0 spiro atoms. The molecule has 1 fully saturated rings. The van der Waals surface area contributed by atoms with Crippen molar-refractivity contribution in [2.24, 2.45) is 11.8 Å². The Kier molecular flexibility index (Phi) is 3.91. The Bertz CT molecular complexity index is 314. The zero-order valence-electron chi connectivity index (χ0n) is 8.72. The predicted octanol–water partition coefficient (Wildman–Crippen LogP) is 3.94. The average molecular weight is 337 g/mol. The smallest absolute Gasteiger partial charge is 0.183 e. The lowest BCUT2D eigenvalue weighted by molar-refractivity contribution is 0.423. The van der Waals surface area contributed by atoms with Crippen molar-refractivity contribution in [1.82, 2.24) is 5.32 Å². The zero-order chi connectivity index (χ0) is 10.8. The Hall–Kier alpha value is 0.200. The lowest BCUT2D eigenvalue weighted by Gasteiger charge is -2.09. The molecule has 0 aromatic carbocycles. The van der Waals surface area contributed by atoms with Gasteiger partial charge in [-0.3, -0.25) is 0 Å². The second kappa shape index (κ2) is 5.02. The van der Waals surface area contributed by atoms with Gasteiger partial charge in [0.1, 0.15) is 5.76 Å². The molecule has 1 atom stereocenters. The summed E-state index contributed by atoms with van der Waals surface area (Å²) >= 11 is 6.73. The van der Waals surface area contributed by atoms with Gasteiger partial charge in [0.15, 0.2) is 4.67 Å². The Morgan fingerprint density at radius 1 is 1.53 bits per heavy atom. The molecule has 0 radical (unpaired) electrons. The normalized spacial score (nSPS) is 18.1. The van der Waals surface area contributed by atoms with E-state index in [-0.39, 0.29) is 0 Å². The minimum absolute atomic E-state index is 0.773. The summed E-state index contributed by atoms with van der Waals surface area (Å²) in [6, 6.07) is 2.00. The number of hydrogen-bond acceptors (Lipinski definition) is 2. The van der Waals surface area contributed by atoms with Gasteiger partial charge in [-0.1, -0.05) is 6.92 Å². The number of rotatable bonds is 5. The molecule has 2 rings (SSSR count). The molecule has 1 N–H and O–H groups in total. The molecule has 0 bridgehead atoms. The van der Waals surface area contributed by atoms with Crippen LogP contribution in [0.15, 0.2) is 19.6 Å². The van der Waals surface area contributed by atoms with Crippen molar-refractivity contribution in [3.63, 3.8) is 0 Å². The van der Waals surface area contributed by atoms with Crippen LogP contribution in [-0.2, 0) is 6.54 Å². The van der Waals surface area contributed by atoms with Gasteiger partial charge in [0.05, 0.1) is 11.0 Å². The van der Waals surface area contributed by atoms with Gasteiger partial charge < -0.3 is 9.73 Å². The van der Waals surface area contributed by atoms with Crippen LogP contribution in [0, 0.1) is 11.8 Å². The van der Waals surface area contributed by atoms with Crippen molar-refractivity contribution in [2.75, 3.05) is 6.54 Å². The van der Waals surface area contributed by atoms with E-state index in [1.807, 2.05) is 6.07 Å². The van der Waals surface area contributed by atoms with Crippen molar-refractivity contribution < 1.29 is 4.42 Å². The third-order valence-electron chi connectivity index (χ3n) is 2.89. The predicted molar refractivity (Wildman–Crippen MR) is 67.7 cm³/mol. The van der Waals surface area contributed by atoms with Crippen molar-refractivity contribution in [1.29, 1.82) is 0 Å². The monoisotopic (exact) mass is 335 g/mol. The van der Waals surface area contributed by atoms with Crippen LogP contribution in [0.4, 0.5) is 0 Å². The van der Waals surface area contributed by atoms with E-state index in [0.717, 1.165) is 39.8 Å². The van der Waals surface area contributed by atoms with Crippen molar-refractivity contribution in [2.45, 2.75) is 26.3 Å². The SMILES string of the molecule is CC(CNCc1cc(Br)c(Br)o1)C1CC1. The van der Waals surface area contributed by atoms with Gasteiger partial charge in [-0.05, 0) is 69.1 Å². The molecule has 1 unspecified atom stereocenters. The quantitative estimate of drug-likeness (QED) is 0.881. The lowest BCUT2D eigenvalue weighted by atomic mass is 10.1. The molecular formula is C11H15Br2NO. The maximum Gasteiger partial charge on any atom is 0.183 e. The van der Waals surface area contributed by atoms with E-state index >= 15 is 0 Å². The van der Waals surface area contributed by atoms with Gasteiger partial charge in [-0.15, -0.1) is 0 Å². The van der Waals surface area contributed by atoms with E-state index in [0.29, 0.717) is 0 Å². The highest BCUT2D eigenvalue weighted by Gasteiger charge is 2.27. The first-order chi connectivity index (χ1) is 7.16. The van der Waals surface area contributed by atoms with Crippen LogP contribution in [0.5, 0.6) is 0 Å². The van der Waals surface area contributed by atoms with E-state index in [2.05, 4.69) is 44.1 Å². The van der Waals surface area contributed by atoms with Crippen LogP contribution >= 0.6 is 31.9 Å². The summed E-state index contributed by atoms with van der Waals surface area (Å²) in [5.41, 5.74) is 0. The molecule has 1 saturated carbocycles. The molecule has 2 nitrogen and oxygen atoms in total. The summed E-state index contributed by atoms with van der Waals surface area (Å²) in [6.45, 7) is 4.21. The van der Waals surface area contributed by atoms with Crippen LogP contribution in [0.25, 0.3) is 0 Å². The molecule has 1 heterocycles. The summed E-state index contributed by atoms with van der Waals surface area (Å²) in [5, 5.41) is 3.43. The summed E-state index contributed by atoms with van der Waals surface area (Å²) in [4.78, 5) is 0. The zero-order valence-corrected chi connectivity index (χ0v) is 11.9. The fourth-order valence-corrected chi connectivity index (χ4v) is 2.39. The molecule has 15 heavy (non-hydrogen) atoms. The van der Waals surface area contributed by atoms with Gasteiger partial charge in [0.2, 0.25) is 0 Å². The number of hydrogen-bond donors (Lipinski definition) is 1. The highest BCUT2D eigenvalue weighted by Crippen LogP contribution is 2.36. The molecule has 0 aliphatic heterocycles. The first-order valence-corrected chi connectivity index (χ1v) is 6.90. The van der Waals surface area contributed by atoms with Crippen LogP contribution < -0.4 is 5.32 Å². The van der Waals surface area contributed by atoms with Gasteiger partial charge in [-0.25, -0.2) is 0 Å². The standard InChI is InChI=1S/C11H15Br2NO/c1-7(8-2-3-8)5-14-6-9-4-10(12)11(13)15-9/h4,7-8,14H,2-3,5-6H2,1H3. The second-order valence-electron chi connectivity index (χ2n) is 4.28. The third kappa shape index (κ3) is 3.33. The van der Waals surface area contributed by atoms with E-state index in [1.165, 1.54) is 12.8 Å². The van der Waals surface area contributed by atoms with Gasteiger partial charge in [0.25, 0.3) is 0 Å². The Balaban J connectivity index is 1.73. The maximum absolute atomic E-state index is 5.48. The summed E-state index contributed by atoms with van der Waals surface area (Å²) in [5.74, 6) is 2.73. The fraction of sp³-hybridized carbons (Fsp3) is 0.636. The van der Waals surface area contributed by atoms with Crippen molar-refractivity contribution >= 4 is 31.9 Å². The Morgan fingerprint density at radius 3 is 2.80 bits per heavy atom. The molecule has 1 aromatic rings. The second-order valence-corrected chi connectivity index (χ2v) is 5.85. The van der Waals surface area contributed by atoms with E-state index in [4.69, 9.17) is 4.42 Å². The van der Waals surface area contributed by atoms with Gasteiger partial charge in [0, 0.05) is 0 Å². The van der Waals surface area contributed by atoms with Crippen LogP contribution in [0.1, 0.15) is 25.5 Å². The number of halogens is 2. The molecule has 84 valence electrons. The van der Waals surface area contributed by atoms with Crippen LogP contribution in [-0.4, -0.2) is 6.54 Å². The Morgan fingerprint density at radius 2 is 2.27 bits per heavy atom. The first kappa shape index (κ1) is 11.7. The first-order valence-electron chi connectivity index (χ1n) is 5.31. The molecule has 1 aliphatic carbocycles.